The molecule has 0 aromatic rings. The molecule has 1 fully saturated rings. The highest BCUT2D eigenvalue weighted by Crippen LogP contribution is 2.34. The Hall–Kier alpha value is 0.0738. The Balaban J connectivity index is 3.75. The van der Waals surface area contributed by atoms with Gasteiger partial charge in [-0.25, -0.2) is 0 Å². The van der Waals surface area contributed by atoms with E-state index in [9.17, 15) is 0 Å². The average molecular weight is 539 g/mol. The molecule has 0 radical (unpaired) electrons. The summed E-state index contributed by atoms with van der Waals surface area (Å²) < 4.78 is 45.0. The molecule has 1 saturated heterocycles. The Bertz CT molecular complexity index is 476. The molecule has 0 aromatic carbocycles. The van der Waals surface area contributed by atoms with Crippen LogP contribution in [0, 0.1) is 0 Å². The van der Waals surface area contributed by atoms with Crippen molar-refractivity contribution in [2.75, 3.05) is 59.3 Å². The van der Waals surface area contributed by atoms with Crippen molar-refractivity contribution in [3.8, 4) is 0 Å². The highest BCUT2D eigenvalue weighted by molar-refractivity contribution is 6.64. The molecule has 1 aliphatic heterocycles. The summed E-state index contributed by atoms with van der Waals surface area (Å²) in [6.07, 6.45) is 1.59. The van der Waals surface area contributed by atoms with Crippen LogP contribution in [0.3, 0.4) is 0 Å². The monoisotopic (exact) mass is 538 g/mol. The number of nitrogens with zero attached hydrogens (tertiary/aromatic N) is 1. The van der Waals surface area contributed by atoms with Crippen LogP contribution < -0.4 is 5.32 Å². The molecule has 0 amide bonds. The summed E-state index contributed by atoms with van der Waals surface area (Å²) >= 11 is 0. The van der Waals surface area contributed by atoms with Gasteiger partial charge in [-0.05, 0) is 61.3 Å². The van der Waals surface area contributed by atoms with Crippen molar-refractivity contribution in [3.05, 3.63) is 0 Å². The Morgan fingerprint density at radius 2 is 1.09 bits per heavy atom. The van der Waals surface area contributed by atoms with E-state index in [2.05, 4.69) is 31.0 Å². The third kappa shape index (κ3) is 8.54. The van der Waals surface area contributed by atoms with Crippen LogP contribution in [0.5, 0.6) is 0 Å². The number of hydrogen-bond acceptors (Lipinski definition) is 9. The van der Waals surface area contributed by atoms with E-state index in [0.29, 0.717) is 46.2 Å². The maximum atomic E-state index is 6.46. The SMILES string of the molecule is CCO[Si](OCC)(OCC)C(CC)N(C(C)C1CNCCO1)C(CC)[Si](OCC)(OCC)OCC. The van der Waals surface area contributed by atoms with Crippen LogP contribution >= 0.6 is 0 Å². The first-order chi connectivity index (χ1) is 16.9. The summed E-state index contributed by atoms with van der Waals surface area (Å²) in [7, 11) is -6.27. The number of nitrogens with one attached hydrogen (secondary N) is 1. The molecule has 4 atom stereocenters. The second-order valence-corrected chi connectivity index (χ2v) is 13.9. The zero-order chi connectivity index (χ0) is 26.3. The van der Waals surface area contributed by atoms with Crippen LogP contribution in [0.4, 0.5) is 0 Å². The Morgan fingerprint density at radius 1 is 0.714 bits per heavy atom. The molecule has 0 bridgehead atoms. The van der Waals surface area contributed by atoms with E-state index in [1.807, 2.05) is 41.5 Å². The molecule has 1 rings (SSSR count). The van der Waals surface area contributed by atoms with Crippen molar-refractivity contribution < 1.29 is 31.3 Å². The van der Waals surface area contributed by atoms with Gasteiger partial charge in [0, 0.05) is 58.8 Å². The zero-order valence-corrected chi connectivity index (χ0v) is 25.9. The number of hydrogen-bond donors (Lipinski definition) is 1. The molecular weight excluding hydrogens is 484 g/mol. The van der Waals surface area contributed by atoms with Crippen LogP contribution in [-0.4, -0.2) is 105 Å². The van der Waals surface area contributed by atoms with Gasteiger partial charge in [0.1, 0.15) is 0 Å². The van der Waals surface area contributed by atoms with E-state index < -0.39 is 17.6 Å². The predicted octanol–water partition coefficient (Wildman–Crippen LogP) is 3.40. The van der Waals surface area contributed by atoms with Crippen molar-refractivity contribution in [1.29, 1.82) is 0 Å². The first-order valence-corrected chi connectivity index (χ1v) is 17.4. The summed E-state index contributed by atoms with van der Waals surface area (Å²) in [5.74, 6) is 0. The lowest BCUT2D eigenvalue weighted by atomic mass is 10.1. The van der Waals surface area contributed by atoms with Gasteiger partial charge in [-0.15, -0.1) is 0 Å². The minimum absolute atomic E-state index is 0.00000850. The van der Waals surface area contributed by atoms with Gasteiger partial charge in [0.25, 0.3) is 0 Å². The molecule has 210 valence electrons. The van der Waals surface area contributed by atoms with Crippen molar-refractivity contribution in [1.82, 2.24) is 10.2 Å². The van der Waals surface area contributed by atoms with Gasteiger partial charge >= 0.3 is 17.6 Å². The van der Waals surface area contributed by atoms with Gasteiger partial charge in [-0.2, -0.15) is 0 Å². The largest absolute Gasteiger partial charge is 0.519 e. The topological polar surface area (TPSA) is 79.9 Å². The number of rotatable bonds is 20. The summed E-state index contributed by atoms with van der Waals surface area (Å²) in [4.78, 5) is 2.48. The fourth-order valence-corrected chi connectivity index (χ4v) is 12.0. The van der Waals surface area contributed by atoms with E-state index >= 15 is 0 Å². The fraction of sp³-hybridized carbons (Fsp3) is 1.00. The molecule has 4 unspecified atom stereocenters. The van der Waals surface area contributed by atoms with Gasteiger partial charge in [0.15, 0.2) is 0 Å². The standard InChI is InChI=1S/C24H54N2O7Si2/c1-10-23(34(28-12-3,29-13-4)30-14-5)26(21(9)22-20-25-18-19-27-22)24(11-2)35(31-15-6,32-16-7)33-17-8/h21-25H,10-20H2,1-9H3. The van der Waals surface area contributed by atoms with Crippen molar-refractivity contribution in [3.63, 3.8) is 0 Å². The molecule has 1 aliphatic rings. The van der Waals surface area contributed by atoms with E-state index in [1.165, 1.54) is 0 Å². The van der Waals surface area contributed by atoms with Gasteiger partial charge in [0.2, 0.25) is 0 Å². The maximum absolute atomic E-state index is 6.46. The third-order valence-electron chi connectivity index (χ3n) is 6.35. The van der Waals surface area contributed by atoms with Crippen LogP contribution in [0.2, 0.25) is 0 Å². The van der Waals surface area contributed by atoms with Crippen LogP contribution in [0.15, 0.2) is 0 Å². The average Bonchev–Trinajstić information content (AvgIpc) is 2.85. The second-order valence-electron chi connectivity index (χ2n) is 8.45. The summed E-state index contributed by atoms with van der Waals surface area (Å²) in [5.41, 5.74) is -0.220. The second kappa shape index (κ2) is 17.6. The van der Waals surface area contributed by atoms with Gasteiger partial charge in [-0.1, -0.05) is 13.8 Å². The number of ether oxygens (including phenoxy) is 1. The minimum atomic E-state index is -3.14. The highest BCUT2D eigenvalue weighted by Gasteiger charge is 2.60. The Kier molecular flexibility index (Phi) is 16.6. The summed E-state index contributed by atoms with van der Waals surface area (Å²) in [6, 6.07) is 0.0270. The Labute approximate surface area is 217 Å². The van der Waals surface area contributed by atoms with Gasteiger partial charge in [-0.3, -0.25) is 4.90 Å². The van der Waals surface area contributed by atoms with Crippen molar-refractivity contribution in [2.24, 2.45) is 0 Å². The molecule has 1 heterocycles. The molecule has 35 heavy (non-hydrogen) atoms. The van der Waals surface area contributed by atoms with E-state index in [-0.39, 0.29) is 23.5 Å². The smallest absolute Gasteiger partial charge is 0.374 e. The van der Waals surface area contributed by atoms with Crippen LogP contribution in [-0.2, 0) is 31.3 Å². The lowest BCUT2D eigenvalue weighted by Gasteiger charge is -2.51. The molecule has 1 N–H and O–H groups in total. The van der Waals surface area contributed by atoms with E-state index in [0.717, 1.165) is 25.9 Å². The van der Waals surface area contributed by atoms with Gasteiger partial charge in [0.05, 0.1) is 24.0 Å². The van der Waals surface area contributed by atoms with E-state index in [4.69, 9.17) is 31.3 Å². The molecule has 0 spiro atoms. The number of morpholine rings is 1. The quantitative estimate of drug-likeness (QED) is 0.235. The predicted molar refractivity (Wildman–Crippen MR) is 143 cm³/mol. The van der Waals surface area contributed by atoms with Crippen molar-refractivity contribution in [2.45, 2.75) is 98.6 Å². The molecule has 11 heteroatoms. The molecule has 0 saturated carbocycles. The van der Waals surface area contributed by atoms with Crippen LogP contribution in [0.1, 0.15) is 75.2 Å². The first-order valence-electron chi connectivity index (χ1n) is 13.8. The van der Waals surface area contributed by atoms with E-state index in [1.54, 1.807) is 0 Å². The molecule has 9 nitrogen and oxygen atoms in total. The third-order valence-corrected chi connectivity index (χ3v) is 13.5. The first kappa shape index (κ1) is 33.1. The maximum Gasteiger partial charge on any atom is 0.519 e. The summed E-state index contributed by atoms with van der Waals surface area (Å²) in [6.45, 7) is 24.1. The zero-order valence-electron chi connectivity index (χ0n) is 23.9. The van der Waals surface area contributed by atoms with Gasteiger partial charge < -0.3 is 36.6 Å². The summed E-state index contributed by atoms with van der Waals surface area (Å²) in [5, 5.41) is 3.50. The lowest BCUT2D eigenvalue weighted by molar-refractivity contribution is -0.0645. The normalized spacial score (nSPS) is 20.2. The highest BCUT2D eigenvalue weighted by atomic mass is 28.4. The fourth-order valence-electron chi connectivity index (χ4n) is 5.19. The lowest BCUT2D eigenvalue weighted by Crippen LogP contribution is -2.74. The molecular formula is C24H54N2O7Si2. The molecule has 0 aliphatic carbocycles. The molecule has 0 aromatic heterocycles. The van der Waals surface area contributed by atoms with Crippen LogP contribution in [0.25, 0.3) is 0 Å². The van der Waals surface area contributed by atoms with Crippen molar-refractivity contribution >= 4 is 17.6 Å². The Morgan fingerprint density at radius 3 is 1.34 bits per heavy atom. The minimum Gasteiger partial charge on any atom is -0.374 e.